The highest BCUT2D eigenvalue weighted by atomic mass is 32.2. The van der Waals surface area contributed by atoms with Crippen molar-refractivity contribution in [2.75, 3.05) is 6.61 Å². The second kappa shape index (κ2) is 2.71. The van der Waals surface area contributed by atoms with Crippen molar-refractivity contribution >= 4 is 17.8 Å². The van der Waals surface area contributed by atoms with Gasteiger partial charge in [0.2, 0.25) is 0 Å². The topological polar surface area (TPSA) is 42.1 Å². The Hall–Kier alpha value is -0.740. The van der Waals surface area contributed by atoms with Crippen LogP contribution in [-0.2, 0) is 8.98 Å². The zero-order valence-electron chi connectivity index (χ0n) is 5.74. The molecule has 1 N–H and O–H groups in total. The van der Waals surface area contributed by atoms with E-state index in [-0.39, 0.29) is 17.6 Å². The van der Waals surface area contributed by atoms with Crippen molar-refractivity contribution in [3.05, 3.63) is 24.0 Å². The fraction of sp³-hybridized carbons (Fsp3) is 0.286. The largest absolute Gasteiger partial charge is 0.364 e. The van der Waals surface area contributed by atoms with Crippen LogP contribution in [0.4, 0.5) is 0 Å². The Morgan fingerprint density at radius 2 is 2.64 bits per heavy atom. The minimum Gasteiger partial charge on any atom is -0.364 e. The molecular weight excluding hydrogens is 162 g/mol. The van der Waals surface area contributed by atoms with Gasteiger partial charge >= 0.3 is 0 Å². The van der Waals surface area contributed by atoms with Crippen LogP contribution in [0.3, 0.4) is 0 Å². The molecule has 0 saturated carbocycles. The number of Topliss-reactive ketones (excluding diaryl/α,β-unsaturated/α-hetero) is 1. The first-order valence-electron chi connectivity index (χ1n) is 3.32. The number of rotatable bonds is 1. The summed E-state index contributed by atoms with van der Waals surface area (Å²) >= 11 is 1.23. The van der Waals surface area contributed by atoms with Gasteiger partial charge in [-0.25, -0.2) is 0 Å². The lowest BCUT2D eigenvalue weighted by molar-refractivity contribution is -0.118. The van der Waals surface area contributed by atoms with Gasteiger partial charge in [0, 0.05) is 23.9 Å². The van der Waals surface area contributed by atoms with Gasteiger partial charge in [0.25, 0.3) is 0 Å². The Morgan fingerprint density at radius 3 is 3.18 bits per heavy atom. The minimum absolute atomic E-state index is 0.134. The molecule has 2 rings (SSSR count). The molecule has 3 nitrogen and oxygen atoms in total. The number of nitrogens with one attached hydrogen (secondary N) is 1. The monoisotopic (exact) mass is 169 g/mol. The van der Waals surface area contributed by atoms with Crippen LogP contribution < -0.4 is 0 Å². The number of aromatic nitrogens is 1. The van der Waals surface area contributed by atoms with Crippen LogP contribution in [0.15, 0.2) is 18.3 Å². The van der Waals surface area contributed by atoms with Crippen molar-refractivity contribution in [3.63, 3.8) is 0 Å². The van der Waals surface area contributed by atoms with Crippen LogP contribution in [0.1, 0.15) is 10.9 Å². The molecule has 1 aliphatic rings. The van der Waals surface area contributed by atoms with E-state index in [0.717, 1.165) is 5.69 Å². The fourth-order valence-electron chi connectivity index (χ4n) is 1.02. The fourth-order valence-corrected chi connectivity index (χ4v) is 1.77. The molecule has 1 aliphatic heterocycles. The average Bonchev–Trinajstić information content (AvgIpc) is 2.55. The summed E-state index contributed by atoms with van der Waals surface area (Å²) in [6, 6.07) is 3.77. The summed E-state index contributed by atoms with van der Waals surface area (Å²) in [6.07, 6.45) is 1.81. The summed E-state index contributed by atoms with van der Waals surface area (Å²) in [6.45, 7) is 0.231. The smallest absolute Gasteiger partial charge is 0.180 e. The molecule has 1 aromatic heterocycles. The van der Waals surface area contributed by atoms with Crippen LogP contribution in [0.25, 0.3) is 0 Å². The van der Waals surface area contributed by atoms with Crippen molar-refractivity contribution in [3.8, 4) is 0 Å². The van der Waals surface area contributed by atoms with Gasteiger partial charge in [-0.2, -0.15) is 0 Å². The molecule has 1 unspecified atom stereocenters. The molecule has 1 aromatic rings. The van der Waals surface area contributed by atoms with E-state index in [9.17, 15) is 4.79 Å². The molecule has 0 amide bonds. The van der Waals surface area contributed by atoms with Crippen LogP contribution in [0, 0.1) is 0 Å². The van der Waals surface area contributed by atoms with Crippen LogP contribution in [0.2, 0.25) is 0 Å². The van der Waals surface area contributed by atoms with Crippen molar-refractivity contribution in [1.29, 1.82) is 0 Å². The van der Waals surface area contributed by atoms with Crippen molar-refractivity contribution in [1.82, 2.24) is 4.98 Å². The first-order valence-corrected chi connectivity index (χ1v) is 4.12. The van der Waals surface area contributed by atoms with Crippen LogP contribution >= 0.6 is 12.0 Å². The summed E-state index contributed by atoms with van der Waals surface area (Å²) in [5, 5.41) is -0.134. The van der Waals surface area contributed by atoms with Gasteiger partial charge < -0.3 is 9.17 Å². The van der Waals surface area contributed by atoms with Crippen LogP contribution in [-0.4, -0.2) is 17.4 Å². The van der Waals surface area contributed by atoms with E-state index < -0.39 is 0 Å². The molecule has 2 heterocycles. The van der Waals surface area contributed by atoms with Crippen LogP contribution in [0.5, 0.6) is 0 Å². The minimum atomic E-state index is -0.134. The summed E-state index contributed by atoms with van der Waals surface area (Å²) < 4.78 is 4.94. The second-order valence-corrected chi connectivity index (χ2v) is 3.23. The van der Waals surface area contributed by atoms with E-state index in [4.69, 9.17) is 4.18 Å². The van der Waals surface area contributed by atoms with Crippen molar-refractivity contribution in [2.45, 2.75) is 5.25 Å². The first-order chi connectivity index (χ1) is 5.38. The highest BCUT2D eigenvalue weighted by molar-refractivity contribution is 7.96. The van der Waals surface area contributed by atoms with E-state index in [2.05, 4.69) is 4.98 Å². The molecule has 4 heteroatoms. The van der Waals surface area contributed by atoms with Gasteiger partial charge in [-0.15, -0.1) is 0 Å². The lowest BCUT2D eigenvalue weighted by Gasteiger charge is -1.99. The number of H-pyrrole nitrogens is 1. The van der Waals surface area contributed by atoms with Gasteiger partial charge in [0.1, 0.15) is 11.9 Å². The molecule has 1 fully saturated rings. The normalized spacial score (nSPS) is 24.4. The number of ketones is 1. The predicted octanol–water partition coefficient (Wildman–Crippen LogP) is 1.30. The number of hydrogen-bond donors (Lipinski definition) is 1. The third kappa shape index (κ3) is 1.19. The molecule has 0 bridgehead atoms. The maximum absolute atomic E-state index is 11.1. The molecular formula is C7H7NO2S. The number of hydrogen-bond acceptors (Lipinski definition) is 3. The third-order valence-electron chi connectivity index (χ3n) is 1.56. The Labute approximate surface area is 68.3 Å². The Balaban J connectivity index is 2.23. The second-order valence-electron chi connectivity index (χ2n) is 2.33. The molecule has 0 radical (unpaired) electrons. The number of carbonyl (C=O) groups is 1. The van der Waals surface area contributed by atoms with Gasteiger partial charge in [-0.05, 0) is 12.1 Å². The lowest BCUT2D eigenvalue weighted by atomic mass is 10.2. The molecule has 58 valence electrons. The van der Waals surface area contributed by atoms with E-state index in [1.54, 1.807) is 0 Å². The average molecular weight is 169 g/mol. The Morgan fingerprint density at radius 1 is 1.73 bits per heavy atom. The van der Waals surface area contributed by atoms with Gasteiger partial charge in [-0.1, -0.05) is 0 Å². The van der Waals surface area contributed by atoms with E-state index in [1.165, 1.54) is 12.0 Å². The molecule has 0 aromatic carbocycles. The maximum atomic E-state index is 11.1. The SMILES string of the molecule is O=C1COSC1c1ccc[nH]1. The highest BCUT2D eigenvalue weighted by Gasteiger charge is 2.28. The van der Waals surface area contributed by atoms with Crippen molar-refractivity contribution < 1.29 is 8.98 Å². The number of carbonyl (C=O) groups excluding carboxylic acids is 1. The summed E-state index contributed by atoms with van der Waals surface area (Å²) in [7, 11) is 0. The third-order valence-corrected chi connectivity index (χ3v) is 2.53. The maximum Gasteiger partial charge on any atom is 0.180 e. The molecule has 0 aliphatic carbocycles. The first kappa shape index (κ1) is 6.94. The summed E-state index contributed by atoms with van der Waals surface area (Å²) in [5.74, 6) is 0.137. The van der Waals surface area contributed by atoms with Gasteiger partial charge in [0.05, 0.1) is 0 Å². The quantitative estimate of drug-likeness (QED) is 0.644. The zero-order chi connectivity index (χ0) is 7.68. The predicted molar refractivity (Wildman–Crippen MR) is 42.1 cm³/mol. The summed E-state index contributed by atoms with van der Waals surface area (Å²) in [5.41, 5.74) is 0.928. The molecule has 1 saturated heterocycles. The Bertz CT molecular complexity index is 257. The molecule has 1 atom stereocenters. The lowest BCUT2D eigenvalue weighted by Crippen LogP contribution is -2.05. The molecule has 11 heavy (non-hydrogen) atoms. The number of aromatic amines is 1. The van der Waals surface area contributed by atoms with Gasteiger partial charge in [-0.3, -0.25) is 4.79 Å². The van der Waals surface area contributed by atoms with Gasteiger partial charge in [0.15, 0.2) is 5.78 Å². The highest BCUT2D eigenvalue weighted by Crippen LogP contribution is 2.34. The van der Waals surface area contributed by atoms with E-state index >= 15 is 0 Å². The van der Waals surface area contributed by atoms with Crippen molar-refractivity contribution in [2.24, 2.45) is 0 Å². The zero-order valence-corrected chi connectivity index (χ0v) is 6.56. The summed E-state index contributed by atoms with van der Waals surface area (Å²) in [4.78, 5) is 14.1. The Kier molecular flexibility index (Phi) is 1.71. The van der Waals surface area contributed by atoms with E-state index in [0.29, 0.717) is 0 Å². The molecule has 0 spiro atoms. The van der Waals surface area contributed by atoms with E-state index in [1.807, 2.05) is 18.3 Å². The standard InChI is InChI=1S/C7H7NO2S/c9-6-4-10-11-7(6)5-2-1-3-8-5/h1-3,7-8H,4H2.